The molecule has 6 heteroatoms. The second-order valence-corrected chi connectivity index (χ2v) is 6.97. The summed E-state index contributed by atoms with van der Waals surface area (Å²) in [6, 6.07) is 0. The maximum atomic E-state index is 11.4. The predicted octanol–water partition coefficient (Wildman–Crippen LogP) is 2.44. The highest BCUT2D eigenvalue weighted by molar-refractivity contribution is 5.74. The number of hydrogen-bond donors (Lipinski definition) is 1. The van der Waals surface area contributed by atoms with Crippen molar-refractivity contribution in [3.63, 3.8) is 0 Å². The molecule has 0 saturated carbocycles. The first-order valence-corrected chi connectivity index (χ1v) is 7.55. The Morgan fingerprint density at radius 3 is 2.38 bits per heavy atom. The van der Waals surface area contributed by atoms with Crippen molar-refractivity contribution in [1.29, 1.82) is 0 Å². The van der Waals surface area contributed by atoms with Gasteiger partial charge in [-0.2, -0.15) is 0 Å². The van der Waals surface area contributed by atoms with Gasteiger partial charge >= 0.3 is 5.97 Å². The maximum Gasteiger partial charge on any atom is 0.309 e. The Hall–Kier alpha value is -1.43. The predicted molar refractivity (Wildman–Crippen MR) is 77.9 cm³/mol. The number of aromatic nitrogens is 2. The first-order valence-electron chi connectivity index (χ1n) is 7.55. The van der Waals surface area contributed by atoms with E-state index < -0.39 is 11.4 Å². The third-order valence-electron chi connectivity index (χ3n) is 4.41. The van der Waals surface area contributed by atoms with Gasteiger partial charge in [0.1, 0.15) is 0 Å². The molecule has 0 amide bonds. The average molecular weight is 295 g/mol. The van der Waals surface area contributed by atoms with Crippen LogP contribution in [0.2, 0.25) is 0 Å². The van der Waals surface area contributed by atoms with Crippen LogP contribution in [0.5, 0.6) is 0 Å². The highest BCUT2D eigenvalue weighted by atomic mass is 16.4. The SMILES string of the molecule is CCC1(C(=O)O)CCN(Cc2nnc(C(C)(C)C)o2)CC1. The largest absolute Gasteiger partial charge is 0.481 e. The summed E-state index contributed by atoms with van der Waals surface area (Å²) in [5, 5.41) is 17.6. The smallest absolute Gasteiger partial charge is 0.309 e. The van der Waals surface area contributed by atoms with E-state index in [2.05, 4.69) is 15.1 Å². The molecule has 0 aliphatic carbocycles. The Labute approximate surface area is 125 Å². The van der Waals surface area contributed by atoms with Crippen LogP contribution >= 0.6 is 0 Å². The van der Waals surface area contributed by atoms with Crippen molar-refractivity contribution in [2.24, 2.45) is 5.41 Å². The van der Waals surface area contributed by atoms with E-state index in [1.165, 1.54) is 0 Å². The Morgan fingerprint density at radius 1 is 1.33 bits per heavy atom. The lowest BCUT2D eigenvalue weighted by molar-refractivity contribution is -0.152. The summed E-state index contributed by atoms with van der Waals surface area (Å²) in [5.74, 6) is 0.583. The highest BCUT2D eigenvalue weighted by Gasteiger charge is 2.40. The van der Waals surface area contributed by atoms with Crippen LogP contribution in [0.15, 0.2) is 4.42 Å². The normalized spacial score (nSPS) is 19.6. The van der Waals surface area contributed by atoms with Crippen molar-refractivity contribution in [1.82, 2.24) is 15.1 Å². The number of rotatable bonds is 4. The van der Waals surface area contributed by atoms with Gasteiger partial charge in [0, 0.05) is 5.41 Å². The molecule has 0 aromatic carbocycles. The lowest BCUT2D eigenvalue weighted by atomic mass is 9.76. The molecule has 0 spiro atoms. The van der Waals surface area contributed by atoms with Crippen LogP contribution in [0, 0.1) is 5.41 Å². The fourth-order valence-electron chi connectivity index (χ4n) is 2.67. The molecule has 1 aliphatic rings. The van der Waals surface area contributed by atoms with Gasteiger partial charge in [0.25, 0.3) is 0 Å². The monoisotopic (exact) mass is 295 g/mol. The van der Waals surface area contributed by atoms with Gasteiger partial charge in [0.05, 0.1) is 12.0 Å². The average Bonchev–Trinajstić information content (AvgIpc) is 2.88. The van der Waals surface area contributed by atoms with Gasteiger partial charge in [0.15, 0.2) is 0 Å². The van der Waals surface area contributed by atoms with E-state index in [-0.39, 0.29) is 5.41 Å². The van der Waals surface area contributed by atoms with Gasteiger partial charge in [-0.05, 0) is 32.4 Å². The molecule has 1 N–H and O–H groups in total. The molecule has 0 radical (unpaired) electrons. The van der Waals surface area contributed by atoms with Crippen LogP contribution in [0.25, 0.3) is 0 Å². The van der Waals surface area contributed by atoms with Gasteiger partial charge in [-0.3, -0.25) is 9.69 Å². The number of piperidine rings is 1. The summed E-state index contributed by atoms with van der Waals surface area (Å²) in [6.07, 6.45) is 2.04. The Kier molecular flexibility index (Phi) is 4.37. The van der Waals surface area contributed by atoms with E-state index >= 15 is 0 Å². The summed E-state index contributed by atoms with van der Waals surface area (Å²) in [6.45, 7) is 10.2. The van der Waals surface area contributed by atoms with Crippen molar-refractivity contribution >= 4 is 5.97 Å². The first kappa shape index (κ1) is 15.9. The zero-order chi connectivity index (χ0) is 15.7. The fraction of sp³-hybridized carbons (Fsp3) is 0.800. The quantitative estimate of drug-likeness (QED) is 0.919. The fourth-order valence-corrected chi connectivity index (χ4v) is 2.67. The van der Waals surface area contributed by atoms with E-state index in [1.807, 2.05) is 27.7 Å². The third-order valence-corrected chi connectivity index (χ3v) is 4.41. The lowest BCUT2D eigenvalue weighted by Gasteiger charge is -2.37. The zero-order valence-electron chi connectivity index (χ0n) is 13.3. The summed E-state index contributed by atoms with van der Waals surface area (Å²) >= 11 is 0. The molecule has 1 aromatic rings. The van der Waals surface area contributed by atoms with Crippen molar-refractivity contribution in [2.45, 2.75) is 58.9 Å². The Balaban J connectivity index is 1.95. The molecule has 2 heterocycles. The van der Waals surface area contributed by atoms with E-state index in [4.69, 9.17) is 4.42 Å². The molecule has 118 valence electrons. The van der Waals surface area contributed by atoms with Crippen molar-refractivity contribution in [2.75, 3.05) is 13.1 Å². The summed E-state index contributed by atoms with van der Waals surface area (Å²) in [7, 11) is 0. The molecule has 0 bridgehead atoms. The van der Waals surface area contributed by atoms with Gasteiger partial charge in [-0.25, -0.2) is 0 Å². The van der Waals surface area contributed by atoms with Gasteiger partial charge < -0.3 is 9.52 Å². The van der Waals surface area contributed by atoms with Gasteiger partial charge in [-0.15, -0.1) is 10.2 Å². The topological polar surface area (TPSA) is 79.5 Å². The summed E-state index contributed by atoms with van der Waals surface area (Å²) in [5.41, 5.74) is -0.699. The second kappa shape index (κ2) is 5.75. The zero-order valence-corrected chi connectivity index (χ0v) is 13.3. The summed E-state index contributed by atoms with van der Waals surface area (Å²) < 4.78 is 5.70. The van der Waals surface area contributed by atoms with Crippen molar-refractivity contribution in [3.05, 3.63) is 11.8 Å². The Morgan fingerprint density at radius 2 is 1.95 bits per heavy atom. The summed E-state index contributed by atoms with van der Waals surface area (Å²) in [4.78, 5) is 13.6. The number of carboxylic acid groups (broad SMARTS) is 1. The maximum absolute atomic E-state index is 11.4. The van der Waals surface area contributed by atoms with Crippen LogP contribution < -0.4 is 0 Å². The molecule has 1 aliphatic heterocycles. The van der Waals surface area contributed by atoms with Crippen LogP contribution in [-0.4, -0.2) is 39.3 Å². The van der Waals surface area contributed by atoms with E-state index in [0.717, 1.165) is 13.1 Å². The number of aliphatic carboxylic acids is 1. The van der Waals surface area contributed by atoms with Crippen LogP contribution in [0.1, 0.15) is 58.7 Å². The van der Waals surface area contributed by atoms with Crippen LogP contribution in [-0.2, 0) is 16.8 Å². The molecule has 0 unspecified atom stereocenters. The molecule has 21 heavy (non-hydrogen) atoms. The van der Waals surface area contributed by atoms with Gasteiger partial charge in [-0.1, -0.05) is 27.7 Å². The molecule has 1 fully saturated rings. The molecule has 1 aromatic heterocycles. The molecular weight excluding hydrogens is 270 g/mol. The van der Waals surface area contributed by atoms with Crippen molar-refractivity contribution < 1.29 is 14.3 Å². The van der Waals surface area contributed by atoms with Crippen molar-refractivity contribution in [3.8, 4) is 0 Å². The van der Waals surface area contributed by atoms with Crippen LogP contribution in [0.4, 0.5) is 0 Å². The number of nitrogens with zero attached hydrogens (tertiary/aromatic N) is 3. The highest BCUT2D eigenvalue weighted by Crippen LogP contribution is 2.35. The number of hydrogen-bond acceptors (Lipinski definition) is 5. The van der Waals surface area contributed by atoms with Gasteiger partial charge in [0.2, 0.25) is 11.8 Å². The lowest BCUT2D eigenvalue weighted by Crippen LogP contribution is -2.43. The standard InChI is InChI=1S/C15H25N3O3/c1-5-15(13(19)20)6-8-18(9-7-15)10-11-16-17-12(21-11)14(2,3)4/h5-10H2,1-4H3,(H,19,20). The Bertz CT molecular complexity index is 497. The number of likely N-dealkylation sites (tertiary alicyclic amines) is 1. The van der Waals surface area contributed by atoms with E-state index in [1.54, 1.807) is 0 Å². The molecule has 1 saturated heterocycles. The minimum Gasteiger partial charge on any atom is -0.481 e. The second-order valence-electron chi connectivity index (χ2n) is 6.97. The molecule has 0 atom stereocenters. The first-order chi connectivity index (χ1) is 9.77. The van der Waals surface area contributed by atoms with Crippen LogP contribution in [0.3, 0.4) is 0 Å². The minimum absolute atomic E-state index is 0.145. The molecule has 6 nitrogen and oxygen atoms in total. The minimum atomic E-state index is -0.669. The molecule has 2 rings (SSSR count). The number of carboxylic acids is 1. The van der Waals surface area contributed by atoms with E-state index in [0.29, 0.717) is 37.6 Å². The van der Waals surface area contributed by atoms with E-state index in [9.17, 15) is 9.90 Å². The molecular formula is C15H25N3O3. The third kappa shape index (κ3) is 3.43. The number of carbonyl (C=O) groups is 1.